The van der Waals surface area contributed by atoms with Crippen molar-refractivity contribution in [2.75, 3.05) is 19.5 Å². The van der Waals surface area contributed by atoms with Crippen LogP contribution in [0.3, 0.4) is 0 Å². The molecule has 0 bridgehead atoms. The quantitative estimate of drug-likeness (QED) is 0.678. The Morgan fingerprint density at radius 2 is 2.54 bits per heavy atom. The monoisotopic (exact) mass is 185 g/mol. The van der Waals surface area contributed by atoms with Gasteiger partial charge in [-0.1, -0.05) is 0 Å². The molecule has 0 aliphatic carbocycles. The molecule has 0 radical (unpaired) electrons. The van der Waals surface area contributed by atoms with E-state index < -0.39 is 5.97 Å². The van der Waals surface area contributed by atoms with Crippen LogP contribution in [0.15, 0.2) is 6.07 Å². The summed E-state index contributed by atoms with van der Waals surface area (Å²) in [6.07, 6.45) is 0. The molecule has 0 aromatic carbocycles. The minimum absolute atomic E-state index is 0.0783. The van der Waals surface area contributed by atoms with E-state index in [9.17, 15) is 4.79 Å². The fraction of sp³-hybridized carbons (Fsp3) is 0.429. The summed E-state index contributed by atoms with van der Waals surface area (Å²) in [5.74, 6) is -0.839. The van der Waals surface area contributed by atoms with Gasteiger partial charge < -0.3 is 15.6 Å². The molecule has 6 heteroatoms. The smallest absolute Gasteiger partial charge is 0.354 e. The highest BCUT2D eigenvalue weighted by molar-refractivity contribution is 5.86. The molecule has 0 saturated carbocycles. The number of methoxy groups -OCH3 is 1. The van der Waals surface area contributed by atoms with Crippen molar-refractivity contribution in [1.29, 1.82) is 0 Å². The van der Waals surface area contributed by atoms with Gasteiger partial charge in [0.15, 0.2) is 0 Å². The number of aromatic nitrogens is 2. The first-order valence-corrected chi connectivity index (χ1v) is 3.70. The first kappa shape index (κ1) is 9.53. The van der Waals surface area contributed by atoms with E-state index >= 15 is 0 Å². The predicted octanol–water partition coefficient (Wildman–Crippen LogP) is -0.190. The minimum atomic E-state index is -1.04. The van der Waals surface area contributed by atoms with Gasteiger partial charge in [0.05, 0.1) is 13.2 Å². The second-order valence-corrected chi connectivity index (χ2v) is 2.48. The van der Waals surface area contributed by atoms with Crippen LogP contribution in [0.1, 0.15) is 10.5 Å². The van der Waals surface area contributed by atoms with E-state index in [1.807, 2.05) is 0 Å². The number of ether oxygens (including phenoxy) is 1. The second-order valence-electron chi connectivity index (χ2n) is 2.48. The maximum atomic E-state index is 10.6. The van der Waals surface area contributed by atoms with Gasteiger partial charge in [-0.3, -0.25) is 4.68 Å². The van der Waals surface area contributed by atoms with Crippen LogP contribution in [0, 0.1) is 0 Å². The molecule has 6 nitrogen and oxygen atoms in total. The SMILES string of the molecule is COCCn1nc(N)cc1C(=O)O. The molecule has 0 saturated heterocycles. The zero-order valence-corrected chi connectivity index (χ0v) is 7.23. The summed E-state index contributed by atoms with van der Waals surface area (Å²) in [5.41, 5.74) is 5.43. The molecule has 72 valence electrons. The molecule has 0 amide bonds. The number of nitrogen functional groups attached to an aromatic ring is 1. The molecule has 1 rings (SSSR count). The average Bonchev–Trinajstić information content (AvgIpc) is 2.43. The zero-order chi connectivity index (χ0) is 9.84. The van der Waals surface area contributed by atoms with E-state index in [1.54, 1.807) is 0 Å². The lowest BCUT2D eigenvalue weighted by atomic mass is 10.4. The third-order valence-corrected chi connectivity index (χ3v) is 1.53. The highest BCUT2D eigenvalue weighted by Gasteiger charge is 2.11. The van der Waals surface area contributed by atoms with E-state index in [2.05, 4.69) is 5.10 Å². The van der Waals surface area contributed by atoms with Gasteiger partial charge in [0, 0.05) is 13.2 Å². The van der Waals surface area contributed by atoms with E-state index in [4.69, 9.17) is 15.6 Å². The lowest BCUT2D eigenvalue weighted by molar-refractivity contribution is 0.0680. The van der Waals surface area contributed by atoms with Crippen LogP contribution in [0.2, 0.25) is 0 Å². The Morgan fingerprint density at radius 1 is 1.85 bits per heavy atom. The van der Waals surface area contributed by atoms with Crippen molar-refractivity contribution >= 4 is 11.8 Å². The van der Waals surface area contributed by atoms with E-state index in [0.29, 0.717) is 13.2 Å². The Morgan fingerprint density at radius 3 is 3.08 bits per heavy atom. The highest BCUT2D eigenvalue weighted by atomic mass is 16.5. The number of aromatic carboxylic acids is 1. The van der Waals surface area contributed by atoms with Crippen molar-refractivity contribution in [1.82, 2.24) is 9.78 Å². The van der Waals surface area contributed by atoms with Gasteiger partial charge in [-0.2, -0.15) is 5.10 Å². The highest BCUT2D eigenvalue weighted by Crippen LogP contribution is 2.05. The maximum Gasteiger partial charge on any atom is 0.354 e. The zero-order valence-electron chi connectivity index (χ0n) is 7.23. The molecule has 0 aliphatic rings. The molecule has 0 aliphatic heterocycles. The number of carboxylic acid groups (broad SMARTS) is 1. The van der Waals surface area contributed by atoms with Gasteiger partial charge in [0.2, 0.25) is 0 Å². The Bertz CT molecular complexity index is 308. The summed E-state index contributed by atoms with van der Waals surface area (Å²) in [6.45, 7) is 0.788. The van der Waals surface area contributed by atoms with E-state index in [-0.39, 0.29) is 11.5 Å². The van der Waals surface area contributed by atoms with Crippen LogP contribution in [-0.4, -0.2) is 34.6 Å². The molecule has 0 spiro atoms. The summed E-state index contributed by atoms with van der Waals surface area (Å²) in [7, 11) is 1.54. The van der Waals surface area contributed by atoms with Crippen molar-refractivity contribution in [2.45, 2.75) is 6.54 Å². The Balaban J connectivity index is 2.84. The molecule has 3 N–H and O–H groups in total. The average molecular weight is 185 g/mol. The van der Waals surface area contributed by atoms with Crippen LogP contribution >= 0.6 is 0 Å². The number of rotatable bonds is 4. The first-order chi connectivity index (χ1) is 6.15. The van der Waals surface area contributed by atoms with Crippen LogP contribution in [0.5, 0.6) is 0 Å². The molecule has 1 aromatic rings. The summed E-state index contributed by atoms with van der Waals surface area (Å²) < 4.78 is 6.10. The number of nitrogens with zero attached hydrogens (tertiary/aromatic N) is 2. The minimum Gasteiger partial charge on any atom is -0.477 e. The van der Waals surface area contributed by atoms with Gasteiger partial charge in [-0.25, -0.2) is 4.79 Å². The summed E-state index contributed by atoms with van der Waals surface area (Å²) in [6, 6.07) is 1.32. The van der Waals surface area contributed by atoms with Gasteiger partial charge in [0.1, 0.15) is 11.5 Å². The maximum absolute atomic E-state index is 10.6. The lowest BCUT2D eigenvalue weighted by Crippen LogP contribution is -2.13. The molecule has 0 atom stereocenters. The number of carbonyl (C=O) groups is 1. The van der Waals surface area contributed by atoms with E-state index in [0.717, 1.165) is 0 Å². The normalized spacial score (nSPS) is 10.2. The van der Waals surface area contributed by atoms with E-state index in [1.165, 1.54) is 17.9 Å². The Kier molecular flexibility index (Phi) is 2.86. The summed E-state index contributed by atoms with van der Waals surface area (Å²) >= 11 is 0. The van der Waals surface area contributed by atoms with Crippen molar-refractivity contribution in [3.8, 4) is 0 Å². The van der Waals surface area contributed by atoms with Crippen molar-refractivity contribution in [3.63, 3.8) is 0 Å². The topological polar surface area (TPSA) is 90.4 Å². The van der Waals surface area contributed by atoms with Crippen LogP contribution < -0.4 is 5.73 Å². The predicted molar refractivity (Wildman–Crippen MR) is 45.5 cm³/mol. The van der Waals surface area contributed by atoms with Gasteiger partial charge in [-0.05, 0) is 0 Å². The van der Waals surface area contributed by atoms with Crippen LogP contribution in [0.25, 0.3) is 0 Å². The van der Waals surface area contributed by atoms with Crippen LogP contribution in [-0.2, 0) is 11.3 Å². The summed E-state index contributed by atoms with van der Waals surface area (Å²) in [5, 5.41) is 12.5. The number of hydrogen-bond acceptors (Lipinski definition) is 4. The molecule has 0 fully saturated rings. The van der Waals surface area contributed by atoms with Gasteiger partial charge >= 0.3 is 5.97 Å². The van der Waals surface area contributed by atoms with Crippen molar-refractivity contribution in [3.05, 3.63) is 11.8 Å². The Hall–Kier alpha value is -1.56. The fourth-order valence-corrected chi connectivity index (χ4v) is 0.957. The number of hydrogen-bond donors (Lipinski definition) is 2. The van der Waals surface area contributed by atoms with Crippen LogP contribution in [0.4, 0.5) is 5.82 Å². The Labute approximate surface area is 74.9 Å². The standard InChI is InChI=1S/C7H11N3O3/c1-13-3-2-10-5(7(11)12)4-6(8)9-10/h4H,2-3H2,1H3,(H2,8,9)(H,11,12). The lowest BCUT2D eigenvalue weighted by Gasteiger charge is -2.01. The molecule has 0 unspecified atom stereocenters. The third-order valence-electron chi connectivity index (χ3n) is 1.53. The van der Waals surface area contributed by atoms with Crippen molar-refractivity contribution < 1.29 is 14.6 Å². The number of carboxylic acids is 1. The largest absolute Gasteiger partial charge is 0.477 e. The molecule has 1 aromatic heterocycles. The summed E-state index contributed by atoms with van der Waals surface area (Å²) in [4.78, 5) is 10.6. The number of nitrogens with two attached hydrogens (primary N) is 1. The van der Waals surface area contributed by atoms with Gasteiger partial charge in [0.25, 0.3) is 0 Å². The fourth-order valence-electron chi connectivity index (χ4n) is 0.957. The first-order valence-electron chi connectivity index (χ1n) is 3.70. The molecular formula is C7H11N3O3. The number of anilines is 1. The second kappa shape index (κ2) is 3.90. The molecule has 1 heterocycles. The molecule has 13 heavy (non-hydrogen) atoms. The van der Waals surface area contributed by atoms with Gasteiger partial charge in [-0.15, -0.1) is 0 Å². The molecular weight excluding hydrogens is 174 g/mol. The van der Waals surface area contributed by atoms with Crippen molar-refractivity contribution in [2.24, 2.45) is 0 Å². The third kappa shape index (κ3) is 2.19.